The lowest BCUT2D eigenvalue weighted by Crippen LogP contribution is -2.58. The third-order valence-electron chi connectivity index (χ3n) is 9.06. The van der Waals surface area contributed by atoms with Gasteiger partial charge in [0, 0.05) is 54.1 Å². The summed E-state index contributed by atoms with van der Waals surface area (Å²) in [4.78, 5) is 1.11. The Balaban J connectivity index is 1.79. The summed E-state index contributed by atoms with van der Waals surface area (Å²) in [6, 6.07) is 14.0. The number of fused-ring (bicyclic) bond motifs is 1. The fraction of sp³-hybridized carbons (Fsp3) is 0.659. The zero-order valence-corrected chi connectivity index (χ0v) is 31.5. The third kappa shape index (κ3) is 11.7. The summed E-state index contributed by atoms with van der Waals surface area (Å²) >= 11 is 1.71. The second-order valence-electron chi connectivity index (χ2n) is 13.2. The van der Waals surface area contributed by atoms with Crippen LogP contribution in [0.15, 0.2) is 42.5 Å². The highest BCUT2D eigenvalue weighted by Crippen LogP contribution is 2.42. The maximum Gasteiger partial charge on any atom is 0.130 e. The van der Waals surface area contributed by atoms with Crippen LogP contribution in [0.1, 0.15) is 121 Å². The summed E-state index contributed by atoms with van der Waals surface area (Å²) in [5, 5.41) is 1.18. The van der Waals surface area contributed by atoms with Crippen molar-refractivity contribution < 1.29 is 32.8 Å². The van der Waals surface area contributed by atoms with E-state index in [9.17, 15) is 0 Å². The summed E-state index contributed by atoms with van der Waals surface area (Å²) in [5.74, 6) is 0.228. The summed E-state index contributed by atoms with van der Waals surface area (Å²) in [7, 11) is 0. The first-order valence-corrected chi connectivity index (χ1v) is 19.9. The molecule has 4 rings (SSSR count). The molecule has 0 spiro atoms. The van der Waals surface area contributed by atoms with Crippen LogP contribution in [0, 0.1) is 5.82 Å². The fourth-order valence-corrected chi connectivity index (χ4v) is 7.24. The normalized spacial score (nSPS) is 21.1. The van der Waals surface area contributed by atoms with Crippen LogP contribution in [0.3, 0.4) is 0 Å². The van der Waals surface area contributed by atoms with Gasteiger partial charge in [-0.15, -0.1) is 11.3 Å². The molecule has 2 aromatic carbocycles. The molecule has 0 saturated carbocycles. The molecule has 1 aliphatic heterocycles. The number of thiophene rings is 1. The average Bonchev–Trinajstić information content (AvgIpc) is 3.52. The summed E-state index contributed by atoms with van der Waals surface area (Å²) in [5.41, 5.74) is 1.41. The lowest BCUT2D eigenvalue weighted by Gasteiger charge is -2.46. The second kappa shape index (κ2) is 22.0. The molecule has 0 aliphatic carbocycles. The highest BCUT2D eigenvalue weighted by atomic mass is 32.1. The minimum atomic E-state index is -0.562. The molecule has 0 radical (unpaired) electrons. The lowest BCUT2D eigenvalue weighted by atomic mass is 9.88. The van der Waals surface area contributed by atoms with Crippen molar-refractivity contribution >= 4 is 21.4 Å². The predicted octanol–water partition coefficient (Wildman–Crippen LogP) is 10.6. The molecule has 3 aromatic rings. The molecule has 5 atom stereocenters. The van der Waals surface area contributed by atoms with Crippen molar-refractivity contribution in [3.8, 4) is 5.75 Å². The van der Waals surface area contributed by atoms with Gasteiger partial charge in [0.05, 0.1) is 13.2 Å². The Kier molecular flexibility index (Phi) is 17.8. The van der Waals surface area contributed by atoms with Gasteiger partial charge in [-0.2, -0.15) is 0 Å². The molecule has 0 amide bonds. The summed E-state index contributed by atoms with van der Waals surface area (Å²) in [6.45, 7) is 14.1. The first-order valence-electron chi connectivity index (χ1n) is 19.0. The van der Waals surface area contributed by atoms with Crippen molar-refractivity contribution in [2.45, 2.75) is 136 Å². The van der Waals surface area contributed by atoms with Gasteiger partial charge in [-0.3, -0.25) is 0 Å². The standard InChI is InChI=1S/C41H61FO6S/c1-6-11-20-43-29-36-39(45-22-13-8-3)41(47-24-15-10-5)40(46-23-14-9-4)38(48-36)33-27-31(34(42)28-35(33)44-21-12-7-2)26-32-25-30-18-16-17-19-37(30)49-32/h16-19,25,27-28,36,38-41H,6-15,20-24,26,29H2,1-5H3/t36-,38+,39-,40+,41+/m1/s1. The van der Waals surface area contributed by atoms with Gasteiger partial charge < -0.3 is 28.4 Å². The van der Waals surface area contributed by atoms with E-state index in [4.69, 9.17) is 28.4 Å². The zero-order chi connectivity index (χ0) is 34.8. The van der Waals surface area contributed by atoms with Crippen molar-refractivity contribution in [3.63, 3.8) is 0 Å². The Hall–Kier alpha value is -2.07. The fourth-order valence-electron chi connectivity index (χ4n) is 6.15. The van der Waals surface area contributed by atoms with E-state index in [0.29, 0.717) is 57.4 Å². The molecular weight excluding hydrogens is 640 g/mol. The van der Waals surface area contributed by atoms with Crippen molar-refractivity contribution in [1.82, 2.24) is 0 Å². The molecule has 2 heterocycles. The van der Waals surface area contributed by atoms with Gasteiger partial charge in [-0.05, 0) is 61.3 Å². The first kappa shape index (κ1) is 39.7. The SMILES string of the molecule is CCCCOC[C@H]1O[C@@H](c2cc(Cc3cc4ccccc4s3)c(F)cc2OCCCC)[C@H](OCCCC)[C@@H](OCCCC)[C@@H]1OCCCC. The van der Waals surface area contributed by atoms with Crippen molar-refractivity contribution in [1.29, 1.82) is 0 Å². The highest BCUT2D eigenvalue weighted by molar-refractivity contribution is 7.19. The highest BCUT2D eigenvalue weighted by Gasteiger charge is 2.49. The lowest BCUT2D eigenvalue weighted by molar-refractivity contribution is -0.268. The van der Waals surface area contributed by atoms with Crippen LogP contribution >= 0.6 is 11.3 Å². The van der Waals surface area contributed by atoms with Gasteiger partial charge in [0.2, 0.25) is 0 Å². The molecule has 1 aromatic heterocycles. The number of benzene rings is 2. The quantitative estimate of drug-likeness (QED) is 0.0867. The van der Waals surface area contributed by atoms with E-state index >= 15 is 4.39 Å². The Labute approximate surface area is 299 Å². The maximum atomic E-state index is 16.0. The van der Waals surface area contributed by atoms with Crippen LogP contribution in [-0.2, 0) is 30.1 Å². The van der Waals surface area contributed by atoms with Crippen LogP contribution in [0.5, 0.6) is 5.75 Å². The zero-order valence-electron chi connectivity index (χ0n) is 30.7. The number of halogens is 1. The van der Waals surface area contributed by atoms with E-state index in [2.05, 4.69) is 52.8 Å². The first-order chi connectivity index (χ1) is 24.0. The van der Waals surface area contributed by atoms with Crippen LogP contribution in [0.4, 0.5) is 4.39 Å². The van der Waals surface area contributed by atoms with E-state index in [1.54, 1.807) is 17.4 Å². The molecule has 1 aliphatic rings. The molecule has 8 heteroatoms. The minimum Gasteiger partial charge on any atom is -0.493 e. The van der Waals surface area contributed by atoms with Gasteiger partial charge in [-0.1, -0.05) is 84.9 Å². The summed E-state index contributed by atoms with van der Waals surface area (Å²) in [6.07, 6.45) is 8.02. The maximum absolute atomic E-state index is 16.0. The number of hydrogen-bond acceptors (Lipinski definition) is 7. The molecule has 6 nitrogen and oxygen atoms in total. The van der Waals surface area contributed by atoms with Crippen molar-refractivity contribution in [3.05, 3.63) is 64.3 Å². The number of ether oxygens (including phenoxy) is 6. The van der Waals surface area contributed by atoms with Gasteiger partial charge in [0.25, 0.3) is 0 Å². The molecule has 1 saturated heterocycles. The van der Waals surface area contributed by atoms with Gasteiger partial charge >= 0.3 is 0 Å². The van der Waals surface area contributed by atoms with E-state index in [0.717, 1.165) is 74.6 Å². The van der Waals surface area contributed by atoms with E-state index < -0.39 is 24.4 Å². The number of unbranched alkanes of at least 4 members (excludes halogenated alkanes) is 5. The second-order valence-corrected chi connectivity index (χ2v) is 14.4. The Bertz CT molecular complexity index is 1310. The largest absolute Gasteiger partial charge is 0.493 e. The Morgan fingerprint density at radius 3 is 1.98 bits per heavy atom. The van der Waals surface area contributed by atoms with E-state index in [-0.39, 0.29) is 11.9 Å². The predicted molar refractivity (Wildman–Crippen MR) is 199 cm³/mol. The molecular formula is C41H61FO6S. The third-order valence-corrected chi connectivity index (χ3v) is 10.2. The molecule has 0 unspecified atom stereocenters. The monoisotopic (exact) mass is 700 g/mol. The van der Waals surface area contributed by atoms with Crippen LogP contribution in [0.25, 0.3) is 10.1 Å². The topological polar surface area (TPSA) is 55.4 Å². The summed E-state index contributed by atoms with van der Waals surface area (Å²) < 4.78 is 56.9. The van der Waals surface area contributed by atoms with Gasteiger partial charge in [0.1, 0.15) is 42.1 Å². The van der Waals surface area contributed by atoms with Crippen molar-refractivity contribution in [2.24, 2.45) is 0 Å². The molecule has 49 heavy (non-hydrogen) atoms. The number of hydrogen-bond donors (Lipinski definition) is 0. The van der Waals surface area contributed by atoms with Crippen LogP contribution < -0.4 is 4.74 Å². The minimum absolute atomic E-state index is 0.275. The van der Waals surface area contributed by atoms with Gasteiger partial charge in [0.15, 0.2) is 0 Å². The van der Waals surface area contributed by atoms with Gasteiger partial charge in [-0.25, -0.2) is 4.39 Å². The van der Waals surface area contributed by atoms with Crippen molar-refractivity contribution in [2.75, 3.05) is 39.6 Å². The van der Waals surface area contributed by atoms with Crippen LogP contribution in [-0.4, -0.2) is 64.1 Å². The Morgan fingerprint density at radius 1 is 0.694 bits per heavy atom. The van der Waals surface area contributed by atoms with Crippen LogP contribution in [0.2, 0.25) is 0 Å². The number of rotatable bonds is 24. The van der Waals surface area contributed by atoms with E-state index in [1.165, 1.54) is 10.1 Å². The molecule has 274 valence electrons. The van der Waals surface area contributed by atoms with E-state index in [1.807, 2.05) is 18.2 Å². The Morgan fingerprint density at radius 2 is 1.31 bits per heavy atom. The average molecular weight is 701 g/mol. The molecule has 0 N–H and O–H groups in total. The smallest absolute Gasteiger partial charge is 0.130 e. The molecule has 0 bridgehead atoms. The molecule has 1 fully saturated rings.